The molecule has 0 saturated carbocycles. The topological polar surface area (TPSA) is 80.4 Å². The van der Waals surface area contributed by atoms with Crippen molar-refractivity contribution in [2.75, 3.05) is 0 Å². The van der Waals surface area contributed by atoms with Crippen molar-refractivity contribution in [3.63, 3.8) is 0 Å². The number of nitrogens with zero attached hydrogens (tertiary/aromatic N) is 2. The fraction of sp³-hybridized carbons (Fsp3) is 0. The van der Waals surface area contributed by atoms with Crippen LogP contribution in [0.3, 0.4) is 0 Å². The summed E-state index contributed by atoms with van der Waals surface area (Å²) in [5.41, 5.74) is 0.187. The summed E-state index contributed by atoms with van der Waals surface area (Å²) in [5, 5.41) is 8.81. The van der Waals surface area contributed by atoms with E-state index in [1.807, 2.05) is 0 Å². The highest BCUT2D eigenvalue weighted by atomic mass is 16.7. The van der Waals surface area contributed by atoms with E-state index in [-0.39, 0.29) is 11.1 Å². The quantitative estimate of drug-likeness (QED) is 0.788. The largest absolute Gasteiger partial charge is 0.478 e. The molecule has 1 heterocycles. The third-order valence-electron chi connectivity index (χ3n) is 2.12. The van der Waals surface area contributed by atoms with Crippen molar-refractivity contribution < 1.29 is 24.3 Å². The molecule has 0 unspecified atom stereocenters. The monoisotopic (exact) mass is 245 g/mol. The highest BCUT2D eigenvalue weighted by molar-refractivity contribution is 5.94. The Morgan fingerprint density at radius 2 is 2.00 bits per heavy atom. The van der Waals surface area contributed by atoms with Crippen LogP contribution in [0.2, 0.25) is 0 Å². The molecule has 6 nitrogen and oxygen atoms in total. The summed E-state index contributed by atoms with van der Waals surface area (Å²) in [6, 6.07) is 7.21. The Bertz CT molecular complexity index is 584. The molecule has 1 N–H and O–H groups in total. The van der Waals surface area contributed by atoms with E-state index in [1.165, 1.54) is 43.0 Å². The zero-order chi connectivity index (χ0) is 13.0. The number of hydrogen-bond donors (Lipinski definition) is 1. The first-order chi connectivity index (χ1) is 8.66. The van der Waals surface area contributed by atoms with Gasteiger partial charge in [0, 0.05) is 6.07 Å². The van der Waals surface area contributed by atoms with Crippen molar-refractivity contribution in [3.8, 4) is 0 Å². The van der Waals surface area contributed by atoms with Crippen molar-refractivity contribution in [1.82, 2.24) is 4.98 Å². The Labute approximate surface area is 102 Å². The Kier molecular flexibility index (Phi) is 3.29. The number of carbonyl (C=O) groups is 2. The van der Waals surface area contributed by atoms with Gasteiger partial charge in [0.15, 0.2) is 0 Å². The maximum absolute atomic E-state index is 11.7. The number of aromatic nitrogens is 2. The lowest BCUT2D eigenvalue weighted by molar-refractivity contribution is -0.870. The Hall–Kier alpha value is -2.76. The average molecular weight is 245 g/mol. The van der Waals surface area contributed by atoms with E-state index in [2.05, 4.69) is 4.98 Å². The standard InChI is InChI=1S/C12H8N2O4/c15-11(16)9-3-1-4-10(7-9)12(17)18-14-6-2-5-13-8-14/h1-8H/p+1. The van der Waals surface area contributed by atoms with Crippen LogP contribution in [0.4, 0.5) is 0 Å². The second kappa shape index (κ2) is 5.05. The predicted octanol–water partition coefficient (Wildman–Crippen LogP) is 0.336. The molecule has 0 bridgehead atoms. The van der Waals surface area contributed by atoms with Crippen LogP contribution in [-0.2, 0) is 0 Å². The summed E-state index contributed by atoms with van der Waals surface area (Å²) in [7, 11) is 0. The molecule has 0 radical (unpaired) electrons. The number of benzene rings is 1. The second-order valence-corrected chi connectivity index (χ2v) is 3.38. The Morgan fingerprint density at radius 3 is 2.67 bits per heavy atom. The van der Waals surface area contributed by atoms with Gasteiger partial charge in [-0.25, -0.2) is 9.59 Å². The van der Waals surface area contributed by atoms with E-state index in [4.69, 9.17) is 9.94 Å². The van der Waals surface area contributed by atoms with E-state index in [9.17, 15) is 9.59 Å². The summed E-state index contributed by atoms with van der Waals surface area (Å²) in [6.07, 6.45) is 4.36. The minimum Gasteiger partial charge on any atom is -0.478 e. The highest BCUT2D eigenvalue weighted by Gasteiger charge is 2.13. The normalized spacial score (nSPS) is 9.78. The van der Waals surface area contributed by atoms with Gasteiger partial charge in [0.2, 0.25) is 0 Å². The van der Waals surface area contributed by atoms with Crippen LogP contribution in [0.15, 0.2) is 49.1 Å². The van der Waals surface area contributed by atoms with Crippen LogP contribution in [0, 0.1) is 0 Å². The molecule has 2 aromatic rings. The molecule has 0 spiro atoms. The number of carbonyl (C=O) groups excluding carboxylic acids is 1. The molecule has 0 saturated heterocycles. The van der Waals surface area contributed by atoms with Crippen LogP contribution < -0.4 is 9.57 Å². The first-order valence-electron chi connectivity index (χ1n) is 5.04. The summed E-state index contributed by atoms with van der Waals surface area (Å²) in [4.78, 5) is 31.2. The number of hydrogen-bond acceptors (Lipinski definition) is 4. The van der Waals surface area contributed by atoms with Crippen LogP contribution >= 0.6 is 0 Å². The number of rotatable bonds is 3. The first kappa shape index (κ1) is 11.7. The number of aromatic carboxylic acids is 1. The fourth-order valence-corrected chi connectivity index (χ4v) is 1.30. The highest BCUT2D eigenvalue weighted by Crippen LogP contribution is 2.05. The minimum absolute atomic E-state index is 0.0284. The van der Waals surface area contributed by atoms with Gasteiger partial charge < -0.3 is 5.11 Å². The molecule has 6 heteroatoms. The van der Waals surface area contributed by atoms with Gasteiger partial charge in [-0.1, -0.05) is 11.1 Å². The molecular weight excluding hydrogens is 236 g/mol. The maximum atomic E-state index is 11.7. The third kappa shape index (κ3) is 2.67. The molecule has 0 atom stereocenters. The van der Waals surface area contributed by atoms with Gasteiger partial charge in [0.25, 0.3) is 0 Å². The van der Waals surface area contributed by atoms with Crippen molar-refractivity contribution in [2.45, 2.75) is 0 Å². The van der Waals surface area contributed by atoms with Gasteiger partial charge in [0.05, 0.1) is 11.1 Å². The van der Waals surface area contributed by atoms with Gasteiger partial charge in [-0.15, -0.1) is 0 Å². The zero-order valence-corrected chi connectivity index (χ0v) is 9.19. The number of carboxylic acids is 1. The fourth-order valence-electron chi connectivity index (χ4n) is 1.30. The lowest BCUT2D eigenvalue weighted by Crippen LogP contribution is -2.45. The van der Waals surface area contributed by atoms with Crippen LogP contribution in [0.1, 0.15) is 20.7 Å². The molecule has 0 amide bonds. The molecule has 1 aromatic carbocycles. The van der Waals surface area contributed by atoms with Crippen molar-refractivity contribution in [3.05, 3.63) is 60.2 Å². The van der Waals surface area contributed by atoms with Crippen molar-refractivity contribution in [2.24, 2.45) is 0 Å². The van der Waals surface area contributed by atoms with E-state index in [1.54, 1.807) is 6.07 Å². The van der Waals surface area contributed by atoms with E-state index >= 15 is 0 Å². The minimum atomic E-state index is -1.10. The second-order valence-electron chi connectivity index (χ2n) is 3.38. The van der Waals surface area contributed by atoms with Gasteiger partial charge in [-0.05, 0) is 22.9 Å². The summed E-state index contributed by atoms with van der Waals surface area (Å²) in [6.45, 7) is 0. The van der Waals surface area contributed by atoms with Crippen LogP contribution in [0.5, 0.6) is 0 Å². The SMILES string of the molecule is O=C(O)c1cccc(C(=O)O[n+]2cccnc2)c1. The van der Waals surface area contributed by atoms with Gasteiger partial charge in [-0.2, -0.15) is 0 Å². The van der Waals surface area contributed by atoms with Crippen molar-refractivity contribution in [1.29, 1.82) is 0 Å². The van der Waals surface area contributed by atoms with Gasteiger partial charge in [-0.3, -0.25) is 4.84 Å². The zero-order valence-electron chi connectivity index (χ0n) is 9.19. The third-order valence-corrected chi connectivity index (χ3v) is 2.12. The van der Waals surface area contributed by atoms with E-state index in [0.29, 0.717) is 0 Å². The molecule has 90 valence electrons. The summed E-state index contributed by atoms with van der Waals surface area (Å²) in [5.74, 6) is -1.75. The van der Waals surface area contributed by atoms with E-state index in [0.717, 1.165) is 4.73 Å². The molecule has 0 aliphatic heterocycles. The molecule has 0 aliphatic rings. The lowest BCUT2D eigenvalue weighted by atomic mass is 10.1. The molecular formula is C12H9N2O4+. The summed E-state index contributed by atoms with van der Waals surface area (Å²) < 4.78 is 1.13. The summed E-state index contributed by atoms with van der Waals surface area (Å²) >= 11 is 0. The smallest absolute Gasteiger partial charge is 0.388 e. The molecule has 0 fully saturated rings. The average Bonchev–Trinajstić information content (AvgIpc) is 2.40. The first-order valence-corrected chi connectivity index (χ1v) is 5.04. The van der Waals surface area contributed by atoms with Crippen LogP contribution in [-0.4, -0.2) is 22.0 Å². The molecule has 1 aromatic heterocycles. The molecule has 2 rings (SSSR count). The Morgan fingerprint density at radius 1 is 1.22 bits per heavy atom. The molecule has 18 heavy (non-hydrogen) atoms. The number of carboxylic acid groups (broad SMARTS) is 1. The van der Waals surface area contributed by atoms with Crippen LogP contribution in [0.25, 0.3) is 0 Å². The van der Waals surface area contributed by atoms with Crippen molar-refractivity contribution >= 4 is 11.9 Å². The Balaban J connectivity index is 2.19. The lowest BCUT2D eigenvalue weighted by Gasteiger charge is -2.00. The van der Waals surface area contributed by atoms with Gasteiger partial charge >= 0.3 is 18.3 Å². The molecule has 0 aliphatic carbocycles. The maximum Gasteiger partial charge on any atom is 0.388 e. The predicted molar refractivity (Wildman–Crippen MR) is 58.7 cm³/mol. The van der Waals surface area contributed by atoms with Gasteiger partial charge in [0.1, 0.15) is 12.4 Å². The van der Waals surface area contributed by atoms with E-state index < -0.39 is 11.9 Å².